The number of amides is 1. The van der Waals surface area contributed by atoms with E-state index in [4.69, 9.17) is 9.47 Å². The SMILES string of the molecule is CCOc1cc(/C=C2/C(=O)N(c3ccccc3)N=C2C)ccc1OC(C)=O. The van der Waals surface area contributed by atoms with E-state index in [0.717, 1.165) is 5.56 Å². The van der Waals surface area contributed by atoms with Crippen molar-refractivity contribution in [1.29, 1.82) is 0 Å². The molecule has 1 amide bonds. The topological polar surface area (TPSA) is 68.2 Å². The molecule has 0 saturated carbocycles. The van der Waals surface area contributed by atoms with Crippen LogP contribution in [0.25, 0.3) is 6.08 Å². The maximum Gasteiger partial charge on any atom is 0.308 e. The molecule has 3 rings (SSSR count). The Labute approximate surface area is 157 Å². The number of rotatable bonds is 5. The van der Waals surface area contributed by atoms with Crippen LogP contribution in [0.4, 0.5) is 5.69 Å². The van der Waals surface area contributed by atoms with Crippen LogP contribution in [-0.4, -0.2) is 24.2 Å². The summed E-state index contributed by atoms with van der Waals surface area (Å²) >= 11 is 0. The average Bonchev–Trinajstić information content (AvgIpc) is 2.92. The zero-order chi connectivity index (χ0) is 19.4. The molecule has 2 aromatic carbocycles. The van der Waals surface area contributed by atoms with Crippen LogP contribution in [0.2, 0.25) is 0 Å². The van der Waals surface area contributed by atoms with Gasteiger partial charge >= 0.3 is 5.97 Å². The molecule has 0 bridgehead atoms. The Morgan fingerprint density at radius 1 is 1.15 bits per heavy atom. The van der Waals surface area contributed by atoms with Crippen molar-refractivity contribution in [3.05, 3.63) is 59.7 Å². The van der Waals surface area contributed by atoms with Crippen molar-refractivity contribution in [2.24, 2.45) is 5.10 Å². The summed E-state index contributed by atoms with van der Waals surface area (Å²) < 4.78 is 10.7. The number of hydrogen-bond acceptors (Lipinski definition) is 5. The smallest absolute Gasteiger partial charge is 0.308 e. The van der Waals surface area contributed by atoms with Crippen molar-refractivity contribution in [3.63, 3.8) is 0 Å². The highest BCUT2D eigenvalue weighted by molar-refractivity contribution is 6.32. The third-order valence-electron chi connectivity index (χ3n) is 3.90. The van der Waals surface area contributed by atoms with Gasteiger partial charge in [-0.15, -0.1) is 0 Å². The highest BCUT2D eigenvalue weighted by Gasteiger charge is 2.28. The monoisotopic (exact) mass is 364 g/mol. The summed E-state index contributed by atoms with van der Waals surface area (Å²) in [4.78, 5) is 24.0. The molecular weight excluding hydrogens is 344 g/mol. The van der Waals surface area contributed by atoms with E-state index < -0.39 is 5.97 Å². The van der Waals surface area contributed by atoms with E-state index in [2.05, 4.69) is 5.10 Å². The quantitative estimate of drug-likeness (QED) is 0.459. The molecule has 138 valence electrons. The van der Waals surface area contributed by atoms with Gasteiger partial charge in [0.2, 0.25) is 0 Å². The van der Waals surface area contributed by atoms with Crippen LogP contribution < -0.4 is 14.5 Å². The van der Waals surface area contributed by atoms with E-state index in [9.17, 15) is 9.59 Å². The molecule has 0 fully saturated rings. The van der Waals surface area contributed by atoms with Crippen molar-refractivity contribution in [2.45, 2.75) is 20.8 Å². The van der Waals surface area contributed by atoms with Gasteiger partial charge in [-0.2, -0.15) is 10.1 Å². The van der Waals surface area contributed by atoms with Gasteiger partial charge in [0.25, 0.3) is 5.91 Å². The van der Waals surface area contributed by atoms with Crippen LogP contribution in [-0.2, 0) is 9.59 Å². The van der Waals surface area contributed by atoms with Crippen LogP contribution in [0.15, 0.2) is 59.2 Å². The molecule has 2 aromatic rings. The van der Waals surface area contributed by atoms with E-state index in [0.29, 0.717) is 35.1 Å². The molecule has 0 atom stereocenters. The first-order valence-electron chi connectivity index (χ1n) is 8.61. The lowest BCUT2D eigenvalue weighted by Crippen LogP contribution is -2.21. The molecule has 6 nitrogen and oxygen atoms in total. The first-order chi connectivity index (χ1) is 13.0. The molecule has 0 unspecified atom stereocenters. The van der Waals surface area contributed by atoms with Gasteiger partial charge in [0, 0.05) is 6.92 Å². The van der Waals surface area contributed by atoms with E-state index in [1.54, 1.807) is 31.2 Å². The maximum absolute atomic E-state index is 12.8. The normalized spacial score (nSPS) is 15.1. The molecule has 0 saturated heterocycles. The molecule has 1 aliphatic rings. The van der Waals surface area contributed by atoms with Gasteiger partial charge in [-0.1, -0.05) is 24.3 Å². The summed E-state index contributed by atoms with van der Waals surface area (Å²) in [6.45, 7) is 5.40. The lowest BCUT2D eigenvalue weighted by Gasteiger charge is -2.12. The van der Waals surface area contributed by atoms with Gasteiger partial charge < -0.3 is 9.47 Å². The van der Waals surface area contributed by atoms with Crippen LogP contribution in [0.1, 0.15) is 26.3 Å². The number of anilines is 1. The average molecular weight is 364 g/mol. The number of para-hydroxylation sites is 1. The van der Waals surface area contributed by atoms with E-state index in [1.807, 2.05) is 37.3 Å². The van der Waals surface area contributed by atoms with E-state index in [-0.39, 0.29) is 5.91 Å². The van der Waals surface area contributed by atoms with Crippen LogP contribution in [0.3, 0.4) is 0 Å². The number of carbonyl (C=O) groups is 2. The number of benzene rings is 2. The van der Waals surface area contributed by atoms with Gasteiger partial charge in [0.05, 0.1) is 23.6 Å². The largest absolute Gasteiger partial charge is 0.490 e. The van der Waals surface area contributed by atoms with Crippen LogP contribution >= 0.6 is 0 Å². The number of nitrogens with zero attached hydrogens (tertiary/aromatic N) is 2. The van der Waals surface area contributed by atoms with Gasteiger partial charge in [-0.3, -0.25) is 9.59 Å². The van der Waals surface area contributed by atoms with Crippen molar-refractivity contribution in [3.8, 4) is 11.5 Å². The van der Waals surface area contributed by atoms with Crippen LogP contribution in [0, 0.1) is 0 Å². The predicted octanol–water partition coefficient (Wildman–Crippen LogP) is 3.82. The van der Waals surface area contributed by atoms with Gasteiger partial charge in [0.15, 0.2) is 11.5 Å². The lowest BCUT2D eigenvalue weighted by molar-refractivity contribution is -0.132. The molecule has 1 heterocycles. The summed E-state index contributed by atoms with van der Waals surface area (Å²) in [6.07, 6.45) is 1.75. The number of ether oxygens (including phenoxy) is 2. The summed E-state index contributed by atoms with van der Waals surface area (Å²) in [5, 5.41) is 5.75. The Hall–Kier alpha value is -3.41. The molecule has 1 aliphatic heterocycles. The Morgan fingerprint density at radius 2 is 1.89 bits per heavy atom. The maximum atomic E-state index is 12.8. The fraction of sp³-hybridized carbons (Fsp3) is 0.190. The fourth-order valence-electron chi connectivity index (χ4n) is 2.72. The zero-order valence-corrected chi connectivity index (χ0v) is 15.4. The van der Waals surface area contributed by atoms with Crippen LogP contribution in [0.5, 0.6) is 11.5 Å². The zero-order valence-electron chi connectivity index (χ0n) is 15.4. The second kappa shape index (κ2) is 7.86. The summed E-state index contributed by atoms with van der Waals surface area (Å²) in [6, 6.07) is 14.4. The molecule has 0 spiro atoms. The molecule has 0 radical (unpaired) electrons. The minimum Gasteiger partial charge on any atom is -0.490 e. The highest BCUT2D eigenvalue weighted by atomic mass is 16.6. The summed E-state index contributed by atoms with van der Waals surface area (Å²) in [5.41, 5.74) is 2.60. The van der Waals surface area contributed by atoms with Crippen molar-refractivity contribution in [2.75, 3.05) is 11.6 Å². The third-order valence-corrected chi connectivity index (χ3v) is 3.90. The number of carbonyl (C=O) groups excluding carboxylic acids is 2. The molecule has 0 aromatic heterocycles. The first-order valence-corrected chi connectivity index (χ1v) is 8.61. The Kier molecular flexibility index (Phi) is 5.35. The first kappa shape index (κ1) is 18.4. The second-order valence-electron chi connectivity index (χ2n) is 5.93. The lowest BCUT2D eigenvalue weighted by atomic mass is 10.1. The molecular formula is C21H20N2O4. The van der Waals surface area contributed by atoms with Gasteiger partial charge in [-0.25, -0.2) is 0 Å². The Balaban J connectivity index is 1.92. The van der Waals surface area contributed by atoms with Crippen molar-refractivity contribution in [1.82, 2.24) is 0 Å². The molecule has 6 heteroatoms. The van der Waals surface area contributed by atoms with E-state index in [1.165, 1.54) is 11.9 Å². The minimum absolute atomic E-state index is 0.194. The summed E-state index contributed by atoms with van der Waals surface area (Å²) in [7, 11) is 0. The fourth-order valence-corrected chi connectivity index (χ4v) is 2.72. The summed E-state index contributed by atoms with van der Waals surface area (Å²) in [5.74, 6) is 0.179. The predicted molar refractivity (Wildman–Crippen MR) is 104 cm³/mol. The van der Waals surface area contributed by atoms with E-state index >= 15 is 0 Å². The van der Waals surface area contributed by atoms with Gasteiger partial charge in [-0.05, 0) is 49.8 Å². The minimum atomic E-state index is -0.422. The molecule has 0 aliphatic carbocycles. The Morgan fingerprint density at radius 3 is 2.56 bits per heavy atom. The third kappa shape index (κ3) is 4.06. The molecule has 0 N–H and O–H groups in total. The number of hydrogen-bond donors (Lipinski definition) is 0. The highest BCUT2D eigenvalue weighted by Crippen LogP contribution is 2.31. The van der Waals surface area contributed by atoms with Gasteiger partial charge in [0.1, 0.15) is 0 Å². The van der Waals surface area contributed by atoms with Crippen molar-refractivity contribution < 1.29 is 19.1 Å². The number of esters is 1. The number of hydrazone groups is 1. The second-order valence-corrected chi connectivity index (χ2v) is 5.93. The standard InChI is InChI=1S/C21H20N2O4/c1-4-26-20-13-16(10-11-19(20)27-15(3)24)12-18-14(2)22-23(21(18)25)17-8-6-5-7-9-17/h5-13H,4H2,1-3H3/b18-12+. The Bertz CT molecular complexity index is 932. The van der Waals surface area contributed by atoms with Crippen molar-refractivity contribution >= 4 is 29.4 Å². The molecule has 27 heavy (non-hydrogen) atoms.